The SMILES string of the molecule is Cc1ccc(Cl)cc1NC(=O)N1CCC(C(=O)O)C1C. The van der Waals surface area contributed by atoms with Crippen LogP contribution in [0, 0.1) is 12.8 Å². The fourth-order valence-electron chi connectivity index (χ4n) is 2.47. The van der Waals surface area contributed by atoms with Gasteiger partial charge in [-0.15, -0.1) is 0 Å². The lowest BCUT2D eigenvalue weighted by Crippen LogP contribution is -2.40. The lowest BCUT2D eigenvalue weighted by atomic mass is 10.0. The minimum Gasteiger partial charge on any atom is -0.481 e. The molecule has 0 bridgehead atoms. The molecule has 1 aliphatic heterocycles. The van der Waals surface area contributed by atoms with Crippen LogP contribution in [0.25, 0.3) is 0 Å². The zero-order valence-corrected chi connectivity index (χ0v) is 12.1. The molecule has 2 unspecified atom stereocenters. The molecule has 20 heavy (non-hydrogen) atoms. The fourth-order valence-corrected chi connectivity index (χ4v) is 2.64. The van der Waals surface area contributed by atoms with E-state index in [9.17, 15) is 9.59 Å². The topological polar surface area (TPSA) is 69.6 Å². The first kappa shape index (κ1) is 14.7. The molecule has 1 aliphatic rings. The van der Waals surface area contributed by atoms with Crippen LogP contribution >= 0.6 is 11.6 Å². The average molecular weight is 297 g/mol. The van der Waals surface area contributed by atoms with E-state index in [0.717, 1.165) is 5.56 Å². The van der Waals surface area contributed by atoms with Crippen molar-refractivity contribution >= 4 is 29.3 Å². The number of carbonyl (C=O) groups is 2. The van der Waals surface area contributed by atoms with E-state index < -0.39 is 11.9 Å². The first-order valence-corrected chi connectivity index (χ1v) is 6.84. The van der Waals surface area contributed by atoms with Crippen LogP contribution < -0.4 is 5.32 Å². The highest BCUT2D eigenvalue weighted by Gasteiger charge is 2.38. The number of carboxylic acid groups (broad SMARTS) is 1. The lowest BCUT2D eigenvalue weighted by molar-refractivity contribution is -0.142. The number of carboxylic acids is 1. The van der Waals surface area contributed by atoms with E-state index in [1.54, 1.807) is 24.0 Å². The number of hydrogen-bond acceptors (Lipinski definition) is 2. The van der Waals surface area contributed by atoms with Gasteiger partial charge in [-0.1, -0.05) is 17.7 Å². The standard InChI is InChI=1S/C14H17ClN2O3/c1-8-3-4-10(15)7-12(8)16-14(20)17-6-5-11(9(17)2)13(18)19/h3-4,7,9,11H,5-6H2,1-2H3,(H,16,20)(H,18,19). The third-order valence-electron chi connectivity index (χ3n) is 3.77. The molecule has 1 aromatic carbocycles. The van der Waals surface area contributed by atoms with Gasteiger partial charge in [0.25, 0.3) is 0 Å². The molecule has 0 saturated carbocycles. The maximum Gasteiger partial charge on any atom is 0.322 e. The van der Waals surface area contributed by atoms with Gasteiger partial charge in [0.2, 0.25) is 0 Å². The van der Waals surface area contributed by atoms with Gasteiger partial charge in [-0.3, -0.25) is 4.79 Å². The number of urea groups is 1. The summed E-state index contributed by atoms with van der Waals surface area (Å²) in [6.45, 7) is 4.08. The molecule has 0 aromatic heterocycles. The van der Waals surface area contributed by atoms with Gasteiger partial charge in [0.15, 0.2) is 0 Å². The Morgan fingerprint density at radius 3 is 2.75 bits per heavy atom. The number of nitrogens with one attached hydrogen (secondary N) is 1. The molecule has 1 heterocycles. The van der Waals surface area contributed by atoms with Crippen LogP contribution in [0.15, 0.2) is 18.2 Å². The third kappa shape index (κ3) is 2.88. The normalized spacial score (nSPS) is 21.9. The number of benzene rings is 1. The van der Waals surface area contributed by atoms with Crippen molar-refractivity contribution in [2.24, 2.45) is 5.92 Å². The highest BCUT2D eigenvalue weighted by Crippen LogP contribution is 2.26. The highest BCUT2D eigenvalue weighted by molar-refractivity contribution is 6.31. The zero-order valence-electron chi connectivity index (χ0n) is 11.4. The van der Waals surface area contributed by atoms with Crippen LogP contribution in [-0.2, 0) is 4.79 Å². The number of rotatable bonds is 2. The van der Waals surface area contributed by atoms with Gasteiger partial charge in [0.1, 0.15) is 0 Å². The monoisotopic (exact) mass is 296 g/mol. The van der Waals surface area contributed by atoms with Crippen molar-refractivity contribution in [2.75, 3.05) is 11.9 Å². The third-order valence-corrected chi connectivity index (χ3v) is 4.01. The number of aliphatic carboxylic acids is 1. The fraction of sp³-hybridized carbons (Fsp3) is 0.429. The van der Waals surface area contributed by atoms with E-state index in [2.05, 4.69) is 5.32 Å². The second-order valence-electron chi connectivity index (χ2n) is 5.06. The summed E-state index contributed by atoms with van der Waals surface area (Å²) in [5, 5.41) is 12.4. The predicted molar refractivity (Wildman–Crippen MR) is 77.1 cm³/mol. The Balaban J connectivity index is 2.09. The second-order valence-corrected chi connectivity index (χ2v) is 5.49. The van der Waals surface area contributed by atoms with Crippen molar-refractivity contribution in [2.45, 2.75) is 26.3 Å². The van der Waals surface area contributed by atoms with Crippen molar-refractivity contribution in [1.82, 2.24) is 4.90 Å². The minimum absolute atomic E-state index is 0.286. The molecule has 1 fully saturated rings. The van der Waals surface area contributed by atoms with Crippen LogP contribution in [0.1, 0.15) is 18.9 Å². The van der Waals surface area contributed by atoms with E-state index in [4.69, 9.17) is 16.7 Å². The number of amides is 2. The molecule has 2 N–H and O–H groups in total. The van der Waals surface area contributed by atoms with Crippen molar-refractivity contribution < 1.29 is 14.7 Å². The number of likely N-dealkylation sites (tertiary alicyclic amines) is 1. The Kier molecular flexibility index (Phi) is 4.18. The molecule has 2 rings (SSSR count). The van der Waals surface area contributed by atoms with Crippen molar-refractivity contribution in [3.8, 4) is 0 Å². The van der Waals surface area contributed by atoms with Crippen LogP contribution in [0.2, 0.25) is 5.02 Å². The molecule has 2 amide bonds. The largest absolute Gasteiger partial charge is 0.481 e. The van der Waals surface area contributed by atoms with E-state index in [1.165, 1.54) is 0 Å². The maximum atomic E-state index is 12.2. The number of halogens is 1. The summed E-state index contributed by atoms with van der Waals surface area (Å²) in [4.78, 5) is 24.9. The van der Waals surface area contributed by atoms with Gasteiger partial charge in [-0.2, -0.15) is 0 Å². The Labute approximate surface area is 122 Å². The quantitative estimate of drug-likeness (QED) is 0.881. The summed E-state index contributed by atoms with van der Waals surface area (Å²) in [5.41, 5.74) is 1.55. The molecule has 1 aromatic rings. The minimum atomic E-state index is -0.855. The van der Waals surface area contributed by atoms with Gasteiger partial charge < -0.3 is 15.3 Å². The summed E-state index contributed by atoms with van der Waals surface area (Å²) in [5.74, 6) is -1.35. The first-order valence-electron chi connectivity index (χ1n) is 6.46. The lowest BCUT2D eigenvalue weighted by Gasteiger charge is -2.24. The Morgan fingerprint density at radius 2 is 2.15 bits per heavy atom. The summed E-state index contributed by atoms with van der Waals surface area (Å²) in [6.07, 6.45) is 0.485. The van der Waals surface area contributed by atoms with E-state index in [0.29, 0.717) is 23.7 Å². The molecule has 0 aliphatic carbocycles. The Bertz CT molecular complexity index is 547. The smallest absolute Gasteiger partial charge is 0.322 e. The first-order chi connectivity index (χ1) is 9.40. The maximum absolute atomic E-state index is 12.2. The summed E-state index contributed by atoms with van der Waals surface area (Å²) < 4.78 is 0. The van der Waals surface area contributed by atoms with E-state index >= 15 is 0 Å². The molecular weight excluding hydrogens is 280 g/mol. The van der Waals surface area contributed by atoms with Gasteiger partial charge >= 0.3 is 12.0 Å². The van der Waals surface area contributed by atoms with Crippen LogP contribution in [0.3, 0.4) is 0 Å². The number of hydrogen-bond donors (Lipinski definition) is 2. The summed E-state index contributed by atoms with van der Waals surface area (Å²) >= 11 is 5.91. The number of nitrogens with zero attached hydrogens (tertiary/aromatic N) is 1. The van der Waals surface area contributed by atoms with Gasteiger partial charge in [-0.05, 0) is 38.0 Å². The van der Waals surface area contributed by atoms with Crippen LogP contribution in [0.4, 0.5) is 10.5 Å². The van der Waals surface area contributed by atoms with E-state index in [1.807, 2.05) is 13.0 Å². The molecule has 108 valence electrons. The molecule has 0 radical (unpaired) electrons. The Hall–Kier alpha value is -1.75. The van der Waals surface area contributed by atoms with Crippen molar-refractivity contribution in [1.29, 1.82) is 0 Å². The zero-order chi connectivity index (χ0) is 14.9. The molecular formula is C14H17ClN2O3. The van der Waals surface area contributed by atoms with Crippen LogP contribution in [-0.4, -0.2) is 34.6 Å². The molecule has 1 saturated heterocycles. The number of carbonyl (C=O) groups excluding carboxylic acids is 1. The van der Waals surface area contributed by atoms with Crippen LogP contribution in [0.5, 0.6) is 0 Å². The second kappa shape index (κ2) is 5.71. The number of anilines is 1. The molecule has 2 atom stereocenters. The van der Waals surface area contributed by atoms with Crippen molar-refractivity contribution in [3.05, 3.63) is 28.8 Å². The van der Waals surface area contributed by atoms with E-state index in [-0.39, 0.29) is 12.1 Å². The van der Waals surface area contributed by atoms with Gasteiger partial charge in [0, 0.05) is 23.3 Å². The molecule has 0 spiro atoms. The summed E-state index contributed by atoms with van der Waals surface area (Å²) in [7, 11) is 0. The molecule has 5 nitrogen and oxygen atoms in total. The highest BCUT2D eigenvalue weighted by atomic mass is 35.5. The predicted octanol–water partition coefficient (Wildman–Crippen LogP) is 2.98. The van der Waals surface area contributed by atoms with Gasteiger partial charge in [-0.25, -0.2) is 4.79 Å². The van der Waals surface area contributed by atoms with Crippen molar-refractivity contribution in [3.63, 3.8) is 0 Å². The number of aryl methyl sites for hydroxylation is 1. The summed E-state index contributed by atoms with van der Waals surface area (Å²) in [6, 6.07) is 4.67. The Morgan fingerprint density at radius 1 is 1.45 bits per heavy atom. The molecule has 6 heteroatoms. The van der Waals surface area contributed by atoms with Gasteiger partial charge in [0.05, 0.1) is 5.92 Å². The average Bonchev–Trinajstić information content (AvgIpc) is 2.76.